The molecule has 23 heavy (non-hydrogen) atoms. The molecule has 0 atom stereocenters. The summed E-state index contributed by atoms with van der Waals surface area (Å²) in [4.78, 5) is 33.3. The summed E-state index contributed by atoms with van der Waals surface area (Å²) >= 11 is 0. The van der Waals surface area contributed by atoms with Crippen molar-refractivity contribution < 1.29 is 9.59 Å². The average Bonchev–Trinajstić information content (AvgIpc) is 2.55. The van der Waals surface area contributed by atoms with Crippen LogP contribution in [0.3, 0.4) is 0 Å². The molecule has 2 aromatic rings. The van der Waals surface area contributed by atoms with Crippen molar-refractivity contribution in [1.82, 2.24) is 20.2 Å². The van der Waals surface area contributed by atoms with Crippen LogP contribution >= 0.6 is 0 Å². The lowest BCUT2D eigenvalue weighted by molar-refractivity contribution is 0.0822. The van der Waals surface area contributed by atoms with Gasteiger partial charge in [-0.25, -0.2) is 4.79 Å². The Kier molecular flexibility index (Phi) is 5.62. The number of rotatable bonds is 5. The molecule has 0 aromatic carbocycles. The highest BCUT2D eigenvalue weighted by molar-refractivity contribution is 5.95. The van der Waals surface area contributed by atoms with Gasteiger partial charge in [0.05, 0.1) is 0 Å². The third kappa shape index (κ3) is 5.06. The minimum Gasteiger partial charge on any atom is -0.343 e. The number of amides is 3. The van der Waals surface area contributed by atoms with E-state index in [0.717, 1.165) is 5.69 Å². The molecule has 0 aliphatic heterocycles. The second-order valence-electron chi connectivity index (χ2n) is 5.08. The maximum atomic E-state index is 11.9. The van der Waals surface area contributed by atoms with Crippen molar-refractivity contribution in [2.75, 3.05) is 26.0 Å². The van der Waals surface area contributed by atoms with Gasteiger partial charge in [-0.2, -0.15) is 0 Å². The zero-order valence-electron chi connectivity index (χ0n) is 13.1. The molecule has 2 rings (SSSR count). The van der Waals surface area contributed by atoms with Gasteiger partial charge in [0.25, 0.3) is 5.91 Å². The number of urea groups is 1. The van der Waals surface area contributed by atoms with Gasteiger partial charge >= 0.3 is 6.03 Å². The lowest BCUT2D eigenvalue weighted by Crippen LogP contribution is -2.30. The zero-order chi connectivity index (χ0) is 16.7. The van der Waals surface area contributed by atoms with Crippen LogP contribution in [0.1, 0.15) is 16.2 Å². The van der Waals surface area contributed by atoms with Gasteiger partial charge in [0.2, 0.25) is 0 Å². The Balaban J connectivity index is 1.85. The van der Waals surface area contributed by atoms with E-state index in [0.29, 0.717) is 18.7 Å². The summed E-state index contributed by atoms with van der Waals surface area (Å²) in [5.74, 6) is -0.218. The minimum atomic E-state index is -0.338. The van der Waals surface area contributed by atoms with Gasteiger partial charge in [0, 0.05) is 50.8 Å². The first-order chi connectivity index (χ1) is 11.1. The zero-order valence-corrected chi connectivity index (χ0v) is 13.1. The molecule has 7 nitrogen and oxygen atoms in total. The van der Waals surface area contributed by atoms with E-state index in [-0.39, 0.29) is 17.6 Å². The Bertz CT molecular complexity index is 673. The molecule has 0 bridgehead atoms. The molecule has 3 amide bonds. The summed E-state index contributed by atoms with van der Waals surface area (Å²) < 4.78 is 0. The SMILES string of the molecule is CN(C)C(=O)c1cc(NC(=O)NCCc2ccccn2)ccn1. The predicted molar refractivity (Wildman–Crippen MR) is 87.2 cm³/mol. The Morgan fingerprint density at radius 1 is 1.13 bits per heavy atom. The van der Waals surface area contributed by atoms with Crippen molar-refractivity contribution >= 4 is 17.6 Å². The number of hydrogen-bond acceptors (Lipinski definition) is 4. The smallest absolute Gasteiger partial charge is 0.319 e. The van der Waals surface area contributed by atoms with Gasteiger partial charge in [-0.3, -0.25) is 14.8 Å². The van der Waals surface area contributed by atoms with E-state index < -0.39 is 0 Å². The molecule has 2 N–H and O–H groups in total. The highest BCUT2D eigenvalue weighted by Gasteiger charge is 2.10. The highest BCUT2D eigenvalue weighted by Crippen LogP contribution is 2.09. The van der Waals surface area contributed by atoms with Gasteiger partial charge in [-0.15, -0.1) is 0 Å². The summed E-state index contributed by atoms with van der Waals surface area (Å²) in [5, 5.41) is 5.43. The summed E-state index contributed by atoms with van der Waals surface area (Å²) in [6, 6.07) is 8.49. The van der Waals surface area contributed by atoms with Crippen LogP contribution in [-0.4, -0.2) is 47.4 Å². The highest BCUT2D eigenvalue weighted by atomic mass is 16.2. The third-order valence-corrected chi connectivity index (χ3v) is 3.04. The van der Waals surface area contributed by atoms with Gasteiger partial charge in [0.1, 0.15) is 5.69 Å². The van der Waals surface area contributed by atoms with Crippen molar-refractivity contribution in [1.29, 1.82) is 0 Å². The summed E-state index contributed by atoms with van der Waals surface area (Å²) in [5.41, 5.74) is 1.71. The van der Waals surface area contributed by atoms with Crippen LogP contribution in [0.5, 0.6) is 0 Å². The van der Waals surface area contributed by atoms with E-state index in [2.05, 4.69) is 20.6 Å². The van der Waals surface area contributed by atoms with Crippen molar-refractivity contribution in [3.05, 3.63) is 54.1 Å². The van der Waals surface area contributed by atoms with Crippen molar-refractivity contribution in [2.24, 2.45) is 0 Å². The Morgan fingerprint density at radius 3 is 2.65 bits per heavy atom. The molecule has 2 aromatic heterocycles. The molecule has 120 valence electrons. The average molecular weight is 313 g/mol. The fourth-order valence-electron chi connectivity index (χ4n) is 1.88. The van der Waals surface area contributed by atoms with Crippen molar-refractivity contribution in [3.8, 4) is 0 Å². The largest absolute Gasteiger partial charge is 0.343 e. The molecule has 7 heteroatoms. The van der Waals surface area contributed by atoms with Crippen molar-refractivity contribution in [3.63, 3.8) is 0 Å². The van der Waals surface area contributed by atoms with Crippen LogP contribution in [0.2, 0.25) is 0 Å². The fourth-order valence-corrected chi connectivity index (χ4v) is 1.88. The normalized spacial score (nSPS) is 10.0. The van der Waals surface area contributed by atoms with Gasteiger partial charge in [-0.1, -0.05) is 6.07 Å². The van der Waals surface area contributed by atoms with Crippen LogP contribution in [0.15, 0.2) is 42.7 Å². The molecule has 0 saturated heterocycles. The molecule has 0 radical (unpaired) electrons. The van der Waals surface area contributed by atoms with Gasteiger partial charge in [0.15, 0.2) is 0 Å². The third-order valence-electron chi connectivity index (χ3n) is 3.04. The van der Waals surface area contributed by atoms with E-state index in [1.807, 2.05) is 18.2 Å². The minimum absolute atomic E-state index is 0.218. The molecule has 0 fully saturated rings. The lowest BCUT2D eigenvalue weighted by Gasteiger charge is -2.11. The lowest BCUT2D eigenvalue weighted by atomic mass is 10.3. The molecular weight excluding hydrogens is 294 g/mol. The van der Waals surface area contributed by atoms with Crippen LogP contribution in [0.4, 0.5) is 10.5 Å². The van der Waals surface area contributed by atoms with Crippen LogP contribution in [0.25, 0.3) is 0 Å². The van der Waals surface area contributed by atoms with Crippen molar-refractivity contribution in [2.45, 2.75) is 6.42 Å². The van der Waals surface area contributed by atoms with Crippen LogP contribution < -0.4 is 10.6 Å². The molecule has 0 aliphatic rings. The number of carbonyl (C=O) groups is 2. The predicted octanol–water partition coefficient (Wildman–Crippen LogP) is 1.54. The Morgan fingerprint density at radius 2 is 1.96 bits per heavy atom. The van der Waals surface area contributed by atoms with E-state index in [1.165, 1.54) is 11.1 Å². The van der Waals surface area contributed by atoms with E-state index in [4.69, 9.17) is 0 Å². The number of anilines is 1. The fraction of sp³-hybridized carbons (Fsp3) is 0.250. The summed E-state index contributed by atoms with van der Waals surface area (Å²) in [7, 11) is 3.29. The van der Waals surface area contributed by atoms with Gasteiger partial charge < -0.3 is 15.5 Å². The Labute approximate surface area is 134 Å². The molecular formula is C16H19N5O2. The molecule has 0 aliphatic carbocycles. The second kappa shape index (κ2) is 7.88. The topological polar surface area (TPSA) is 87.2 Å². The first-order valence-electron chi connectivity index (χ1n) is 7.19. The number of nitrogens with one attached hydrogen (secondary N) is 2. The standard InChI is InChI=1S/C16H19N5O2/c1-21(2)15(22)14-11-13(7-9-18-14)20-16(23)19-10-6-12-5-3-4-8-17-12/h3-5,7-9,11H,6,10H2,1-2H3,(H2,18,19,20,23). The number of hydrogen-bond donors (Lipinski definition) is 2. The monoisotopic (exact) mass is 313 g/mol. The van der Waals surface area contributed by atoms with Crippen LogP contribution in [0, 0.1) is 0 Å². The second-order valence-corrected chi connectivity index (χ2v) is 5.08. The van der Waals surface area contributed by atoms with E-state index >= 15 is 0 Å². The molecule has 0 saturated carbocycles. The summed E-state index contributed by atoms with van der Waals surface area (Å²) in [6.07, 6.45) is 3.85. The number of aromatic nitrogens is 2. The van der Waals surface area contributed by atoms with E-state index in [1.54, 1.807) is 32.4 Å². The first-order valence-corrected chi connectivity index (χ1v) is 7.19. The number of pyridine rings is 2. The molecule has 2 heterocycles. The maximum Gasteiger partial charge on any atom is 0.319 e. The quantitative estimate of drug-likeness (QED) is 0.876. The molecule has 0 unspecified atom stereocenters. The Hall–Kier alpha value is -2.96. The number of carbonyl (C=O) groups excluding carboxylic acids is 2. The molecule has 0 spiro atoms. The maximum absolute atomic E-state index is 11.9. The van der Waals surface area contributed by atoms with Gasteiger partial charge in [-0.05, 0) is 24.3 Å². The number of nitrogens with zero attached hydrogens (tertiary/aromatic N) is 3. The van der Waals surface area contributed by atoms with E-state index in [9.17, 15) is 9.59 Å². The first kappa shape index (κ1) is 16.4. The van der Waals surface area contributed by atoms with Crippen LogP contribution in [-0.2, 0) is 6.42 Å². The summed E-state index contributed by atoms with van der Waals surface area (Å²) in [6.45, 7) is 0.470.